The summed E-state index contributed by atoms with van der Waals surface area (Å²) in [6.07, 6.45) is -0.897. The highest BCUT2D eigenvalue weighted by molar-refractivity contribution is 5.94. The van der Waals surface area contributed by atoms with Crippen LogP contribution in [0.4, 0.5) is 11.4 Å². The molecule has 0 unspecified atom stereocenters. The van der Waals surface area contributed by atoms with Crippen molar-refractivity contribution in [2.24, 2.45) is 0 Å². The minimum absolute atomic E-state index is 0.00747. The Hall–Kier alpha value is -3.62. The lowest BCUT2D eigenvalue weighted by Crippen LogP contribution is -2.29. The number of nitrogens with zero attached hydrogens (tertiary/aromatic N) is 1. The van der Waals surface area contributed by atoms with E-state index in [1.807, 2.05) is 13.0 Å². The largest absolute Gasteiger partial charge is 0.490 e. The van der Waals surface area contributed by atoms with E-state index in [1.165, 1.54) is 26.2 Å². The number of carbonyl (C=O) groups excluding carboxylic acids is 2. The van der Waals surface area contributed by atoms with Crippen LogP contribution in [0, 0.1) is 24.0 Å². The van der Waals surface area contributed by atoms with E-state index in [0.29, 0.717) is 17.0 Å². The number of ether oxygens (including phenoxy) is 3. The third-order valence-electron chi connectivity index (χ3n) is 3.98. The number of esters is 1. The van der Waals surface area contributed by atoms with Crippen molar-refractivity contribution in [2.45, 2.75) is 26.9 Å². The van der Waals surface area contributed by atoms with Crippen LogP contribution in [0.3, 0.4) is 0 Å². The first-order chi connectivity index (χ1) is 13.7. The number of nitro groups is 1. The van der Waals surface area contributed by atoms with Gasteiger partial charge in [-0.3, -0.25) is 14.9 Å². The second kappa shape index (κ2) is 9.54. The summed E-state index contributed by atoms with van der Waals surface area (Å²) >= 11 is 0. The molecule has 1 atom stereocenters. The number of amides is 1. The molecule has 0 aliphatic heterocycles. The molecule has 0 radical (unpaired) electrons. The van der Waals surface area contributed by atoms with E-state index in [1.54, 1.807) is 25.1 Å². The number of carbonyl (C=O) groups is 2. The number of hydrogen-bond donors (Lipinski definition) is 1. The fraction of sp³-hybridized carbons (Fsp3) is 0.300. The number of nitro benzene ring substituents is 1. The smallest absolute Gasteiger partial charge is 0.347 e. The lowest BCUT2D eigenvalue weighted by molar-refractivity contribution is -0.385. The van der Waals surface area contributed by atoms with Gasteiger partial charge >= 0.3 is 11.7 Å². The first kappa shape index (κ1) is 21.7. The van der Waals surface area contributed by atoms with Gasteiger partial charge in [0.25, 0.3) is 5.91 Å². The van der Waals surface area contributed by atoms with Crippen LogP contribution < -0.4 is 14.8 Å². The zero-order chi connectivity index (χ0) is 21.6. The number of benzene rings is 2. The molecule has 9 heteroatoms. The summed E-state index contributed by atoms with van der Waals surface area (Å²) in [6, 6.07) is 9.83. The van der Waals surface area contributed by atoms with Gasteiger partial charge in [-0.05, 0) is 44.0 Å². The predicted molar refractivity (Wildman–Crippen MR) is 105 cm³/mol. The number of nitrogens with one attached hydrogen (secondary N) is 1. The SMILES string of the molecule is COc1cc(NC(=O)COC(=O)[C@H](C)Oc2cccc(C)c2)c(C)cc1[N+](=O)[O-]. The van der Waals surface area contributed by atoms with Crippen LogP contribution in [-0.2, 0) is 14.3 Å². The summed E-state index contributed by atoms with van der Waals surface area (Å²) in [5.41, 5.74) is 1.55. The molecule has 0 saturated heterocycles. The molecule has 154 valence electrons. The third kappa shape index (κ3) is 5.93. The zero-order valence-electron chi connectivity index (χ0n) is 16.6. The van der Waals surface area contributed by atoms with Gasteiger partial charge in [-0.2, -0.15) is 0 Å². The molecule has 0 fully saturated rings. The number of methoxy groups -OCH3 is 1. The second-order valence-corrected chi connectivity index (χ2v) is 6.33. The van der Waals surface area contributed by atoms with Gasteiger partial charge in [-0.25, -0.2) is 4.79 Å². The van der Waals surface area contributed by atoms with E-state index in [0.717, 1.165) is 5.56 Å². The maximum Gasteiger partial charge on any atom is 0.347 e. The maximum absolute atomic E-state index is 12.1. The first-order valence-electron chi connectivity index (χ1n) is 8.74. The van der Waals surface area contributed by atoms with Gasteiger partial charge in [0.2, 0.25) is 0 Å². The van der Waals surface area contributed by atoms with Gasteiger partial charge in [0.1, 0.15) is 5.75 Å². The summed E-state index contributed by atoms with van der Waals surface area (Å²) in [7, 11) is 1.29. The third-order valence-corrected chi connectivity index (χ3v) is 3.98. The standard InChI is InChI=1S/C20H22N2O7/c1-12-6-5-7-15(8-12)29-14(3)20(24)28-11-19(23)21-16-10-18(27-4)17(22(25)26)9-13(16)2/h5-10,14H,11H2,1-4H3,(H,21,23)/t14-/m0/s1. The fourth-order valence-corrected chi connectivity index (χ4v) is 2.49. The molecule has 0 heterocycles. The predicted octanol–water partition coefficient (Wildman–Crippen LogP) is 3.17. The molecule has 1 amide bonds. The van der Waals surface area contributed by atoms with Gasteiger partial charge < -0.3 is 19.5 Å². The molecular formula is C20H22N2O7. The second-order valence-electron chi connectivity index (χ2n) is 6.33. The van der Waals surface area contributed by atoms with Gasteiger partial charge in [0.05, 0.1) is 12.0 Å². The average Bonchev–Trinajstić information content (AvgIpc) is 2.67. The quantitative estimate of drug-likeness (QED) is 0.409. The Balaban J connectivity index is 1.94. The summed E-state index contributed by atoms with van der Waals surface area (Å²) in [6.45, 7) is 4.49. The fourth-order valence-electron chi connectivity index (χ4n) is 2.49. The summed E-state index contributed by atoms with van der Waals surface area (Å²) < 4.78 is 15.5. The van der Waals surface area contributed by atoms with Crippen molar-refractivity contribution in [2.75, 3.05) is 19.0 Å². The van der Waals surface area contributed by atoms with Crippen molar-refractivity contribution in [3.05, 3.63) is 57.6 Å². The number of rotatable bonds is 8. The molecular weight excluding hydrogens is 380 g/mol. The number of anilines is 1. The first-order valence-corrected chi connectivity index (χ1v) is 8.74. The van der Waals surface area contributed by atoms with E-state index < -0.39 is 29.5 Å². The maximum atomic E-state index is 12.1. The monoisotopic (exact) mass is 402 g/mol. The van der Waals surface area contributed by atoms with Crippen molar-refractivity contribution in [1.82, 2.24) is 0 Å². The number of aryl methyl sites for hydroxylation is 2. The molecule has 0 aliphatic rings. The Morgan fingerprint density at radius 3 is 2.55 bits per heavy atom. The van der Waals surface area contributed by atoms with Gasteiger partial charge in [-0.15, -0.1) is 0 Å². The Labute approximate surface area is 167 Å². The van der Waals surface area contributed by atoms with E-state index in [4.69, 9.17) is 14.2 Å². The molecule has 2 rings (SSSR count). The van der Waals surface area contributed by atoms with Crippen molar-refractivity contribution < 1.29 is 28.7 Å². The topological polar surface area (TPSA) is 117 Å². The van der Waals surface area contributed by atoms with Gasteiger partial charge in [0.15, 0.2) is 18.5 Å². The molecule has 0 aromatic heterocycles. The summed E-state index contributed by atoms with van der Waals surface area (Å²) in [5, 5.41) is 13.6. The summed E-state index contributed by atoms with van der Waals surface area (Å²) in [4.78, 5) is 34.6. The minimum atomic E-state index is -0.897. The highest BCUT2D eigenvalue weighted by Crippen LogP contribution is 2.32. The van der Waals surface area contributed by atoms with Crippen LogP contribution in [-0.4, -0.2) is 36.6 Å². The average molecular weight is 402 g/mol. The molecule has 29 heavy (non-hydrogen) atoms. The lowest BCUT2D eigenvalue weighted by Gasteiger charge is -2.15. The summed E-state index contributed by atoms with van der Waals surface area (Å²) in [5.74, 6) is -0.764. The van der Waals surface area contributed by atoms with Crippen LogP contribution in [0.15, 0.2) is 36.4 Å². The minimum Gasteiger partial charge on any atom is -0.490 e. The zero-order valence-corrected chi connectivity index (χ0v) is 16.6. The number of hydrogen-bond acceptors (Lipinski definition) is 7. The van der Waals surface area contributed by atoms with Crippen molar-refractivity contribution >= 4 is 23.3 Å². The van der Waals surface area contributed by atoms with E-state index >= 15 is 0 Å². The van der Waals surface area contributed by atoms with Crippen LogP contribution in [0.25, 0.3) is 0 Å². The van der Waals surface area contributed by atoms with E-state index in [2.05, 4.69) is 5.32 Å². The van der Waals surface area contributed by atoms with Gasteiger partial charge in [0, 0.05) is 17.8 Å². The Morgan fingerprint density at radius 1 is 1.21 bits per heavy atom. The molecule has 2 aromatic carbocycles. The molecule has 0 bridgehead atoms. The normalized spacial score (nSPS) is 11.3. The van der Waals surface area contributed by atoms with E-state index in [-0.39, 0.29) is 11.4 Å². The molecule has 2 aromatic rings. The molecule has 0 spiro atoms. The molecule has 1 N–H and O–H groups in total. The highest BCUT2D eigenvalue weighted by atomic mass is 16.6. The molecule has 0 aliphatic carbocycles. The van der Waals surface area contributed by atoms with Crippen LogP contribution in [0.5, 0.6) is 11.5 Å². The van der Waals surface area contributed by atoms with E-state index in [9.17, 15) is 19.7 Å². The Bertz CT molecular complexity index is 927. The van der Waals surface area contributed by atoms with Crippen molar-refractivity contribution in [1.29, 1.82) is 0 Å². The molecule has 0 saturated carbocycles. The Kier molecular flexibility index (Phi) is 7.13. The van der Waals surface area contributed by atoms with Crippen LogP contribution in [0.2, 0.25) is 0 Å². The van der Waals surface area contributed by atoms with Crippen LogP contribution >= 0.6 is 0 Å². The van der Waals surface area contributed by atoms with Gasteiger partial charge in [-0.1, -0.05) is 12.1 Å². The van der Waals surface area contributed by atoms with Crippen molar-refractivity contribution in [3.8, 4) is 11.5 Å². The van der Waals surface area contributed by atoms with Crippen molar-refractivity contribution in [3.63, 3.8) is 0 Å². The lowest BCUT2D eigenvalue weighted by atomic mass is 10.1. The highest BCUT2D eigenvalue weighted by Gasteiger charge is 2.20. The van der Waals surface area contributed by atoms with Crippen LogP contribution in [0.1, 0.15) is 18.1 Å². The molecule has 9 nitrogen and oxygen atoms in total. The Morgan fingerprint density at radius 2 is 1.93 bits per heavy atom.